The van der Waals surface area contributed by atoms with Crippen molar-refractivity contribution < 1.29 is 32.4 Å². The first-order chi connectivity index (χ1) is 20.8. The Morgan fingerprint density at radius 2 is 1.54 bits per heavy atom. The molecular weight excluding hydrogens is 612 g/mol. The van der Waals surface area contributed by atoms with E-state index in [-0.39, 0.29) is 35.8 Å². The van der Waals surface area contributed by atoms with E-state index >= 15 is 0 Å². The normalized spacial score (nSPS) is 29.7. The quantitative estimate of drug-likeness (QED) is 0.240. The maximum Gasteiger partial charge on any atom is 0.315 e. The van der Waals surface area contributed by atoms with E-state index in [0.717, 1.165) is 19.1 Å². The fraction of sp³-hybridized carbons (Fsp3) is 0.844. The van der Waals surface area contributed by atoms with Crippen LogP contribution in [0.3, 0.4) is 0 Å². The van der Waals surface area contributed by atoms with Crippen molar-refractivity contribution >= 4 is 39.6 Å². The number of sulfonamides is 1. The van der Waals surface area contributed by atoms with Crippen LogP contribution in [0.5, 0.6) is 0 Å². The smallest absolute Gasteiger partial charge is 0.315 e. The topological polar surface area (TPSA) is 174 Å². The molecule has 3 saturated carbocycles. The lowest BCUT2D eigenvalue weighted by molar-refractivity contribution is -0.145. The van der Waals surface area contributed by atoms with Gasteiger partial charge in [0.1, 0.15) is 17.6 Å². The Hall–Kier alpha value is -2.74. The number of nitrogens with one attached hydrogen (secondary N) is 4. The number of nitrogens with zero attached hydrogens (tertiary/aromatic N) is 2. The van der Waals surface area contributed by atoms with Crippen molar-refractivity contribution in [2.24, 2.45) is 34.0 Å². The number of amides is 5. The zero-order valence-electron chi connectivity index (χ0n) is 29.2. The van der Waals surface area contributed by atoms with Crippen LogP contribution in [-0.2, 0) is 29.2 Å². The van der Waals surface area contributed by atoms with Crippen LogP contribution in [0.25, 0.3) is 0 Å². The van der Waals surface area contributed by atoms with E-state index in [1.54, 1.807) is 0 Å². The number of hydrogen-bond acceptors (Lipinski definition) is 7. The molecule has 4 aliphatic rings. The second-order valence-electron chi connectivity index (χ2n) is 16.9. The van der Waals surface area contributed by atoms with Gasteiger partial charge in [0.2, 0.25) is 27.6 Å². The van der Waals surface area contributed by atoms with Crippen molar-refractivity contribution in [3.05, 3.63) is 0 Å². The molecule has 13 nitrogen and oxygen atoms in total. The van der Waals surface area contributed by atoms with Crippen molar-refractivity contribution in [1.82, 2.24) is 30.5 Å². The first-order valence-corrected chi connectivity index (χ1v) is 18.1. The van der Waals surface area contributed by atoms with E-state index in [4.69, 9.17) is 0 Å². The fourth-order valence-corrected chi connectivity index (χ4v) is 7.25. The highest BCUT2D eigenvalue weighted by Gasteiger charge is 2.71. The van der Waals surface area contributed by atoms with Gasteiger partial charge in [-0.15, -0.1) is 0 Å². The van der Waals surface area contributed by atoms with Crippen LogP contribution >= 0.6 is 0 Å². The van der Waals surface area contributed by atoms with Crippen LogP contribution in [0, 0.1) is 34.0 Å². The molecule has 0 aromatic rings. The third-order valence-electron chi connectivity index (χ3n) is 10.7. The number of rotatable bonds is 11. The number of ketones is 1. The van der Waals surface area contributed by atoms with Crippen LogP contribution in [0.4, 0.5) is 4.79 Å². The zero-order chi connectivity index (χ0) is 34.9. The van der Waals surface area contributed by atoms with Crippen LogP contribution in [0.1, 0.15) is 81.6 Å². The number of urea groups is 1. The Labute approximate surface area is 273 Å². The van der Waals surface area contributed by atoms with E-state index in [1.165, 1.54) is 16.3 Å². The lowest BCUT2D eigenvalue weighted by Crippen LogP contribution is -2.63. The van der Waals surface area contributed by atoms with Gasteiger partial charge in [-0.05, 0) is 53.3 Å². The molecule has 3 aliphatic carbocycles. The molecule has 4 N–H and O–H groups in total. The van der Waals surface area contributed by atoms with Crippen molar-refractivity contribution in [2.45, 2.75) is 111 Å². The molecule has 46 heavy (non-hydrogen) atoms. The number of carbonyl (C=O) groups is 5. The second-order valence-corrected chi connectivity index (χ2v) is 19.0. The predicted molar refractivity (Wildman–Crippen MR) is 173 cm³/mol. The maximum absolute atomic E-state index is 14.3. The number of fused-ring (bicyclic) bond motifs is 1. The second kappa shape index (κ2) is 11.7. The summed E-state index contributed by atoms with van der Waals surface area (Å²) in [4.78, 5) is 69.2. The average molecular weight is 667 g/mol. The van der Waals surface area contributed by atoms with E-state index in [9.17, 15) is 32.4 Å². The summed E-state index contributed by atoms with van der Waals surface area (Å²) in [5.41, 5.74) is -2.74. The summed E-state index contributed by atoms with van der Waals surface area (Å²) in [6, 6.07) is -3.08. The summed E-state index contributed by atoms with van der Waals surface area (Å²) in [6.07, 6.45) is 3.12. The van der Waals surface area contributed by atoms with Crippen LogP contribution in [-0.4, -0.2) is 103 Å². The van der Waals surface area contributed by atoms with Crippen LogP contribution < -0.4 is 21.3 Å². The Bertz CT molecular complexity index is 1400. The highest BCUT2D eigenvalue weighted by atomic mass is 32.2. The minimum absolute atomic E-state index is 0.00697. The van der Waals surface area contributed by atoms with E-state index < -0.39 is 74.1 Å². The summed E-state index contributed by atoms with van der Waals surface area (Å²) in [5.74, 6) is -2.49. The molecule has 1 unspecified atom stereocenters. The maximum atomic E-state index is 14.3. The number of hydrogen-bond donors (Lipinski definition) is 4. The van der Waals surface area contributed by atoms with Gasteiger partial charge in [0.25, 0.3) is 5.91 Å². The Morgan fingerprint density at radius 1 is 0.978 bits per heavy atom. The zero-order valence-corrected chi connectivity index (χ0v) is 30.1. The number of carbonyl (C=O) groups excluding carboxylic acids is 5. The molecule has 0 aromatic carbocycles. The standard InChI is InChI=1S/C32H54N6O7S/c1-17-14-32(17,24(39)26(41)33-18-12-13-18)36-25(40)22-21-19(31(21,8)9)15-38(22)27(42)23(30(5,6)7)35-28(43)34-20(29(2,3)4)16-37(10)46(11,44)45/h17-23H,12-16H2,1-11H3,(H,33,41)(H,36,40)(H2,34,35,43)/t17?,19-,20+,21-,22-,23+,32-/m0/s1. The van der Waals surface area contributed by atoms with Gasteiger partial charge in [0.15, 0.2) is 0 Å². The minimum Gasteiger partial charge on any atom is -0.347 e. The molecule has 4 fully saturated rings. The number of Topliss-reactive ketones (excluding diaryl/α,β-unsaturated/α-hetero) is 1. The predicted octanol–water partition coefficient (Wildman–Crippen LogP) is 1.23. The Morgan fingerprint density at radius 3 is 2.00 bits per heavy atom. The first kappa shape index (κ1) is 36.1. The highest BCUT2D eigenvalue weighted by molar-refractivity contribution is 7.88. The molecular formula is C32H54N6O7S. The van der Waals surface area contributed by atoms with Gasteiger partial charge in [-0.3, -0.25) is 19.2 Å². The number of likely N-dealkylation sites (N-methyl/N-ethyl adjacent to an activating group) is 1. The Balaban J connectivity index is 1.53. The summed E-state index contributed by atoms with van der Waals surface area (Å²) >= 11 is 0. The molecule has 260 valence electrons. The van der Waals surface area contributed by atoms with Crippen molar-refractivity contribution in [3.63, 3.8) is 0 Å². The molecule has 5 amide bonds. The number of likely N-dealkylation sites (tertiary alicyclic amines) is 1. The van der Waals surface area contributed by atoms with E-state index in [1.807, 2.05) is 48.5 Å². The molecule has 0 spiro atoms. The van der Waals surface area contributed by atoms with Crippen molar-refractivity contribution in [1.29, 1.82) is 0 Å². The van der Waals surface area contributed by atoms with Gasteiger partial charge in [-0.2, -0.15) is 0 Å². The average Bonchev–Trinajstić information content (AvgIpc) is 3.84. The van der Waals surface area contributed by atoms with Gasteiger partial charge in [0.05, 0.1) is 6.26 Å². The monoisotopic (exact) mass is 666 g/mol. The van der Waals surface area contributed by atoms with E-state index in [0.29, 0.717) is 13.0 Å². The number of piperidine rings is 1. The summed E-state index contributed by atoms with van der Waals surface area (Å²) in [7, 11) is -2.05. The van der Waals surface area contributed by atoms with Crippen molar-refractivity contribution in [2.75, 3.05) is 26.4 Å². The summed E-state index contributed by atoms with van der Waals surface area (Å²) < 4.78 is 25.3. The minimum atomic E-state index is -3.50. The first-order valence-electron chi connectivity index (χ1n) is 16.3. The lowest BCUT2D eigenvalue weighted by atomic mass is 9.85. The third kappa shape index (κ3) is 7.22. The van der Waals surface area contributed by atoms with Gasteiger partial charge in [-0.1, -0.05) is 62.3 Å². The molecule has 1 heterocycles. The summed E-state index contributed by atoms with van der Waals surface area (Å²) in [5, 5.41) is 11.3. The lowest BCUT2D eigenvalue weighted by Gasteiger charge is -2.39. The van der Waals surface area contributed by atoms with Gasteiger partial charge >= 0.3 is 6.03 Å². The molecule has 4 rings (SSSR count). The van der Waals surface area contributed by atoms with Crippen LogP contribution in [0.2, 0.25) is 0 Å². The SMILES string of the molecule is CC1C[C@@]1(NC(=O)[C@@H]1[C@@H]2[C@H](CN1C(=O)[C@@H](NC(=O)N[C@H](CN(C)S(C)(=O)=O)C(C)(C)C)C(C)(C)C)C2(C)C)C(=O)C(=O)NC1CC1. The molecule has 0 bridgehead atoms. The fourth-order valence-electron chi connectivity index (χ4n) is 6.83. The Kier molecular flexibility index (Phi) is 9.22. The molecule has 0 aromatic heterocycles. The van der Waals surface area contributed by atoms with Gasteiger partial charge < -0.3 is 26.2 Å². The third-order valence-corrected chi connectivity index (χ3v) is 12.0. The largest absolute Gasteiger partial charge is 0.347 e. The van der Waals surface area contributed by atoms with Gasteiger partial charge in [-0.25, -0.2) is 17.5 Å². The molecule has 1 aliphatic heterocycles. The molecule has 14 heteroatoms. The van der Waals surface area contributed by atoms with E-state index in [2.05, 4.69) is 35.1 Å². The molecule has 1 saturated heterocycles. The molecule has 7 atom stereocenters. The van der Waals surface area contributed by atoms with Crippen LogP contribution in [0.15, 0.2) is 0 Å². The molecule has 0 radical (unpaired) electrons. The van der Waals surface area contributed by atoms with Gasteiger partial charge in [0, 0.05) is 32.2 Å². The summed E-state index contributed by atoms with van der Waals surface area (Å²) in [6.45, 7) is 17.4. The van der Waals surface area contributed by atoms with Crippen molar-refractivity contribution in [3.8, 4) is 0 Å². The highest BCUT2D eigenvalue weighted by Crippen LogP contribution is 2.65.